The second-order valence-electron chi connectivity index (χ2n) is 6.54. The van der Waals surface area contributed by atoms with Crippen molar-refractivity contribution in [2.75, 3.05) is 6.54 Å². The third kappa shape index (κ3) is 3.28. The smallest absolute Gasteiger partial charge is 0.254 e. The lowest BCUT2D eigenvalue weighted by molar-refractivity contribution is 0.0603. The highest BCUT2D eigenvalue weighted by molar-refractivity contribution is 5.98. The highest BCUT2D eigenvalue weighted by Crippen LogP contribution is 2.31. The third-order valence-corrected chi connectivity index (χ3v) is 4.67. The van der Waals surface area contributed by atoms with Gasteiger partial charge in [0.05, 0.1) is 12.6 Å². The molecule has 0 radical (unpaired) electrons. The van der Waals surface area contributed by atoms with Crippen LogP contribution < -0.4 is 0 Å². The molecule has 1 heterocycles. The van der Waals surface area contributed by atoms with Gasteiger partial charge in [0.2, 0.25) is 0 Å². The van der Waals surface area contributed by atoms with Crippen LogP contribution in [0.2, 0.25) is 0 Å². The zero-order chi connectivity index (χ0) is 17.4. The number of aromatic nitrogens is 1. The topological polar surface area (TPSA) is 56.3 Å². The molecule has 1 atom stereocenters. The summed E-state index contributed by atoms with van der Waals surface area (Å²) >= 11 is 0. The van der Waals surface area contributed by atoms with Gasteiger partial charge in [-0.3, -0.25) is 4.79 Å². The molecule has 2 N–H and O–H groups in total. The number of aliphatic hydroxyl groups excluding tert-OH is 1. The van der Waals surface area contributed by atoms with E-state index < -0.39 is 6.10 Å². The van der Waals surface area contributed by atoms with Crippen molar-refractivity contribution in [2.45, 2.75) is 25.0 Å². The van der Waals surface area contributed by atoms with Crippen LogP contribution in [0.3, 0.4) is 0 Å². The van der Waals surface area contributed by atoms with Gasteiger partial charge in [-0.25, -0.2) is 4.39 Å². The number of nitrogens with zero attached hydrogens (tertiary/aromatic N) is 1. The number of hydrogen-bond donors (Lipinski definition) is 2. The first kappa shape index (κ1) is 15.8. The summed E-state index contributed by atoms with van der Waals surface area (Å²) in [6.07, 6.45) is 2.92. The summed E-state index contributed by atoms with van der Waals surface area (Å²) in [6, 6.07) is 13.4. The van der Waals surface area contributed by atoms with Crippen LogP contribution in [0, 0.1) is 5.82 Å². The fourth-order valence-corrected chi connectivity index (χ4v) is 3.11. The Morgan fingerprint density at radius 1 is 1.20 bits per heavy atom. The molecular weight excluding hydrogens is 319 g/mol. The molecule has 1 fully saturated rings. The van der Waals surface area contributed by atoms with Crippen molar-refractivity contribution in [1.29, 1.82) is 0 Å². The molecule has 1 aliphatic carbocycles. The summed E-state index contributed by atoms with van der Waals surface area (Å²) in [4.78, 5) is 17.8. The molecule has 128 valence electrons. The summed E-state index contributed by atoms with van der Waals surface area (Å²) < 4.78 is 13.1. The van der Waals surface area contributed by atoms with Gasteiger partial charge in [-0.05, 0) is 54.8 Å². The molecule has 1 unspecified atom stereocenters. The van der Waals surface area contributed by atoms with Gasteiger partial charge in [0.25, 0.3) is 5.91 Å². The van der Waals surface area contributed by atoms with E-state index in [4.69, 9.17) is 0 Å². The Balaban J connectivity index is 1.56. The van der Waals surface area contributed by atoms with Gasteiger partial charge in [0, 0.05) is 28.7 Å². The lowest BCUT2D eigenvalue weighted by Crippen LogP contribution is -2.36. The van der Waals surface area contributed by atoms with Crippen LogP contribution in [0.1, 0.15) is 34.9 Å². The average Bonchev–Trinajstić information content (AvgIpc) is 3.35. The molecule has 1 saturated carbocycles. The SMILES string of the molecule is O=C(c1ccc2[nH]ccc2c1)N(CC(O)c1ccc(F)cc1)C1CC1. The van der Waals surface area contributed by atoms with Crippen molar-refractivity contribution in [3.8, 4) is 0 Å². The van der Waals surface area contributed by atoms with E-state index >= 15 is 0 Å². The van der Waals surface area contributed by atoms with Gasteiger partial charge in [0.1, 0.15) is 5.82 Å². The maximum atomic E-state index is 13.1. The van der Waals surface area contributed by atoms with E-state index in [0.717, 1.165) is 23.7 Å². The molecule has 2 aromatic carbocycles. The fraction of sp³-hybridized carbons (Fsp3) is 0.250. The van der Waals surface area contributed by atoms with E-state index in [0.29, 0.717) is 11.1 Å². The van der Waals surface area contributed by atoms with Crippen LogP contribution in [-0.4, -0.2) is 33.5 Å². The highest BCUT2D eigenvalue weighted by atomic mass is 19.1. The Morgan fingerprint density at radius 2 is 1.96 bits per heavy atom. The van der Waals surface area contributed by atoms with Gasteiger partial charge in [-0.2, -0.15) is 0 Å². The Labute approximate surface area is 144 Å². The van der Waals surface area contributed by atoms with E-state index in [1.807, 2.05) is 24.4 Å². The standard InChI is InChI=1S/C20H19FN2O2/c21-16-4-1-13(2-5-16)19(24)12-23(17-6-7-17)20(25)15-3-8-18-14(11-15)9-10-22-18/h1-5,8-11,17,19,22,24H,6-7,12H2. The van der Waals surface area contributed by atoms with Gasteiger partial charge in [-0.1, -0.05) is 12.1 Å². The zero-order valence-electron chi connectivity index (χ0n) is 13.7. The summed E-state index contributed by atoms with van der Waals surface area (Å²) in [5.41, 5.74) is 2.21. The van der Waals surface area contributed by atoms with Gasteiger partial charge >= 0.3 is 0 Å². The number of aromatic amines is 1. The molecule has 5 heteroatoms. The number of carbonyl (C=O) groups excluding carboxylic acids is 1. The molecule has 3 aromatic rings. The predicted octanol–water partition coefficient (Wildman–Crippen LogP) is 3.65. The molecule has 1 amide bonds. The number of amides is 1. The van der Waals surface area contributed by atoms with E-state index in [-0.39, 0.29) is 24.3 Å². The number of hydrogen-bond acceptors (Lipinski definition) is 2. The van der Waals surface area contributed by atoms with Crippen LogP contribution in [0.4, 0.5) is 4.39 Å². The number of rotatable bonds is 5. The first-order valence-corrected chi connectivity index (χ1v) is 8.43. The molecule has 1 aliphatic rings. The number of fused-ring (bicyclic) bond motifs is 1. The van der Waals surface area contributed by atoms with Crippen molar-refractivity contribution in [1.82, 2.24) is 9.88 Å². The van der Waals surface area contributed by atoms with Crippen molar-refractivity contribution in [2.24, 2.45) is 0 Å². The summed E-state index contributed by atoms with van der Waals surface area (Å²) in [7, 11) is 0. The lowest BCUT2D eigenvalue weighted by atomic mass is 10.1. The van der Waals surface area contributed by atoms with E-state index in [2.05, 4.69) is 4.98 Å². The molecule has 0 saturated heterocycles. The number of carbonyl (C=O) groups is 1. The van der Waals surface area contributed by atoms with Crippen LogP contribution in [-0.2, 0) is 0 Å². The van der Waals surface area contributed by atoms with Crippen molar-refractivity contribution in [3.05, 3.63) is 71.7 Å². The number of H-pyrrole nitrogens is 1. The molecule has 4 nitrogen and oxygen atoms in total. The first-order valence-electron chi connectivity index (χ1n) is 8.43. The van der Waals surface area contributed by atoms with Crippen molar-refractivity contribution < 1.29 is 14.3 Å². The molecule has 0 aliphatic heterocycles. The number of nitrogens with one attached hydrogen (secondary N) is 1. The van der Waals surface area contributed by atoms with Crippen LogP contribution in [0.15, 0.2) is 54.7 Å². The third-order valence-electron chi connectivity index (χ3n) is 4.67. The largest absolute Gasteiger partial charge is 0.387 e. The van der Waals surface area contributed by atoms with Gasteiger partial charge in [-0.15, -0.1) is 0 Å². The van der Waals surface area contributed by atoms with E-state index in [1.165, 1.54) is 12.1 Å². The summed E-state index contributed by atoms with van der Waals surface area (Å²) in [5, 5.41) is 11.5. The van der Waals surface area contributed by atoms with Crippen LogP contribution in [0.25, 0.3) is 10.9 Å². The van der Waals surface area contributed by atoms with Crippen LogP contribution in [0.5, 0.6) is 0 Å². The minimum Gasteiger partial charge on any atom is -0.387 e. The quantitative estimate of drug-likeness (QED) is 0.746. The normalized spacial score (nSPS) is 15.3. The van der Waals surface area contributed by atoms with Gasteiger partial charge in [0.15, 0.2) is 0 Å². The minimum absolute atomic E-state index is 0.0771. The number of halogens is 1. The monoisotopic (exact) mass is 338 g/mol. The molecule has 4 rings (SSSR count). The molecular formula is C20H19FN2O2. The van der Waals surface area contributed by atoms with E-state index in [1.54, 1.807) is 23.1 Å². The number of benzene rings is 2. The average molecular weight is 338 g/mol. The van der Waals surface area contributed by atoms with E-state index in [9.17, 15) is 14.3 Å². The zero-order valence-corrected chi connectivity index (χ0v) is 13.7. The summed E-state index contributed by atoms with van der Waals surface area (Å²) in [6.45, 7) is 0.209. The molecule has 0 bridgehead atoms. The maximum absolute atomic E-state index is 13.1. The summed E-state index contributed by atoms with van der Waals surface area (Å²) in [5.74, 6) is -0.419. The Morgan fingerprint density at radius 3 is 2.68 bits per heavy atom. The van der Waals surface area contributed by atoms with Crippen molar-refractivity contribution in [3.63, 3.8) is 0 Å². The highest BCUT2D eigenvalue weighted by Gasteiger charge is 2.34. The Bertz CT molecular complexity index is 899. The maximum Gasteiger partial charge on any atom is 0.254 e. The molecule has 0 spiro atoms. The minimum atomic E-state index is -0.832. The molecule has 25 heavy (non-hydrogen) atoms. The van der Waals surface area contributed by atoms with Crippen LogP contribution >= 0.6 is 0 Å². The fourth-order valence-electron chi connectivity index (χ4n) is 3.11. The number of aliphatic hydroxyl groups is 1. The van der Waals surface area contributed by atoms with Gasteiger partial charge < -0.3 is 15.0 Å². The van der Waals surface area contributed by atoms with Crippen molar-refractivity contribution >= 4 is 16.8 Å². The second-order valence-corrected chi connectivity index (χ2v) is 6.54. The second kappa shape index (κ2) is 6.33. The predicted molar refractivity (Wildman–Crippen MR) is 93.7 cm³/mol. The molecule has 1 aromatic heterocycles. The first-order chi connectivity index (χ1) is 12.1. The lowest BCUT2D eigenvalue weighted by Gasteiger charge is -2.25. The Kier molecular flexibility index (Phi) is 4.01. The Hall–Kier alpha value is -2.66.